The predicted molar refractivity (Wildman–Crippen MR) is 143 cm³/mol. The van der Waals surface area contributed by atoms with Gasteiger partial charge in [0.05, 0.1) is 11.2 Å². The number of rotatable bonds is 2. The molecular formula is C33H28FN. The van der Waals surface area contributed by atoms with Crippen LogP contribution in [0.15, 0.2) is 84.9 Å². The lowest BCUT2D eigenvalue weighted by Crippen LogP contribution is -2.02. The molecule has 0 aliphatic heterocycles. The minimum absolute atomic E-state index is 0.223. The number of nitrogens with zero attached hydrogens (tertiary/aromatic N) is 1. The van der Waals surface area contributed by atoms with Crippen LogP contribution in [0.25, 0.3) is 33.3 Å². The summed E-state index contributed by atoms with van der Waals surface area (Å²) < 4.78 is 13.8. The molecule has 4 aliphatic rings. The monoisotopic (exact) mass is 457 g/mol. The minimum Gasteiger partial charge on any atom is -0.247 e. The Balaban J connectivity index is 1.59. The summed E-state index contributed by atoms with van der Waals surface area (Å²) in [4.78, 5) is 5.28. The van der Waals surface area contributed by atoms with E-state index in [0.29, 0.717) is 0 Å². The molecule has 2 heteroatoms. The fraction of sp³-hybridized carbons (Fsp3) is 0.182. The van der Waals surface area contributed by atoms with Gasteiger partial charge >= 0.3 is 0 Å². The van der Waals surface area contributed by atoms with E-state index in [1.165, 1.54) is 51.1 Å². The van der Waals surface area contributed by atoms with E-state index in [0.717, 1.165) is 53.4 Å². The van der Waals surface area contributed by atoms with Gasteiger partial charge in [-0.1, -0.05) is 54.6 Å². The second kappa shape index (κ2) is 8.78. The van der Waals surface area contributed by atoms with Gasteiger partial charge in [-0.3, -0.25) is 0 Å². The lowest BCUT2D eigenvalue weighted by Gasteiger charge is -2.18. The Morgan fingerprint density at radius 1 is 0.629 bits per heavy atom. The van der Waals surface area contributed by atoms with Gasteiger partial charge in [0.1, 0.15) is 5.82 Å². The zero-order valence-electron chi connectivity index (χ0n) is 20.2. The van der Waals surface area contributed by atoms with Crippen LogP contribution in [0.2, 0.25) is 0 Å². The fourth-order valence-electron chi connectivity index (χ4n) is 5.34. The topological polar surface area (TPSA) is 12.9 Å². The van der Waals surface area contributed by atoms with E-state index in [-0.39, 0.29) is 5.82 Å². The molecule has 0 fully saturated rings. The smallest absolute Gasteiger partial charge is 0.123 e. The van der Waals surface area contributed by atoms with Gasteiger partial charge in [0.15, 0.2) is 0 Å². The summed E-state index contributed by atoms with van der Waals surface area (Å²) >= 11 is 0. The lowest BCUT2D eigenvalue weighted by molar-refractivity contribution is 0.628. The Hall–Kier alpha value is -3.78. The first-order valence-electron chi connectivity index (χ1n) is 12.4. The third-order valence-electron chi connectivity index (χ3n) is 7.28. The van der Waals surface area contributed by atoms with E-state index in [1.54, 1.807) is 0 Å². The standard InChI is InChI=1S/C33H28FN/c1-21-17-22(2)29-20-31(27-13-15-28(34)16-14-27)33(35-32(29)18-21)30-19-25-8-7-23-3-5-24(6-4-23)9-11-26(30)12-10-25/h3-6,10,12-20H,7-9,11H2,1-2H3. The molecule has 4 aromatic carbocycles. The zero-order valence-corrected chi connectivity index (χ0v) is 20.2. The lowest BCUT2D eigenvalue weighted by atomic mass is 9.89. The summed E-state index contributed by atoms with van der Waals surface area (Å²) in [5, 5.41) is 1.14. The molecular weight excluding hydrogens is 429 g/mol. The largest absolute Gasteiger partial charge is 0.247 e. The molecule has 1 heterocycles. The van der Waals surface area contributed by atoms with Crippen molar-refractivity contribution >= 4 is 10.9 Å². The van der Waals surface area contributed by atoms with Crippen LogP contribution in [-0.2, 0) is 25.7 Å². The predicted octanol–water partition coefficient (Wildman–Crippen LogP) is 8.21. The molecule has 0 spiro atoms. The van der Waals surface area contributed by atoms with Gasteiger partial charge in [-0.15, -0.1) is 0 Å². The van der Waals surface area contributed by atoms with Crippen LogP contribution in [0.3, 0.4) is 0 Å². The maximum Gasteiger partial charge on any atom is 0.123 e. The Kier molecular flexibility index (Phi) is 5.45. The zero-order chi connectivity index (χ0) is 23.9. The average Bonchev–Trinajstić information content (AvgIpc) is 2.85. The number of fused-ring (bicyclic) bond motifs is 1. The van der Waals surface area contributed by atoms with Crippen molar-refractivity contribution in [2.45, 2.75) is 39.5 Å². The quantitative estimate of drug-likeness (QED) is 0.260. The van der Waals surface area contributed by atoms with Crippen molar-refractivity contribution in [3.05, 3.63) is 124 Å². The number of halogens is 1. The number of hydrogen-bond acceptors (Lipinski definition) is 1. The van der Waals surface area contributed by atoms with Gasteiger partial charge in [-0.05, 0) is 109 Å². The Morgan fingerprint density at radius 3 is 2.03 bits per heavy atom. The average molecular weight is 458 g/mol. The number of aryl methyl sites for hydroxylation is 6. The van der Waals surface area contributed by atoms with Crippen LogP contribution in [0.1, 0.15) is 33.4 Å². The van der Waals surface area contributed by atoms with Gasteiger partial charge < -0.3 is 0 Å². The van der Waals surface area contributed by atoms with Crippen LogP contribution in [0.4, 0.5) is 4.39 Å². The first kappa shape index (κ1) is 21.7. The third-order valence-corrected chi connectivity index (χ3v) is 7.28. The normalized spacial score (nSPS) is 13.1. The SMILES string of the molecule is Cc1cc(C)c2cc(-c3ccc(F)cc3)c(-c3cc4ccc3CCc3ccc(cc3)CC4)nc2c1. The Morgan fingerprint density at radius 2 is 1.29 bits per heavy atom. The molecule has 0 atom stereocenters. The summed E-state index contributed by atoms with van der Waals surface area (Å²) in [5.74, 6) is -0.223. The molecule has 4 aliphatic carbocycles. The first-order chi connectivity index (χ1) is 17.0. The second-order valence-electron chi connectivity index (χ2n) is 9.85. The summed E-state index contributed by atoms with van der Waals surface area (Å²) in [7, 11) is 0. The van der Waals surface area contributed by atoms with Crippen LogP contribution >= 0.6 is 0 Å². The van der Waals surface area contributed by atoms with Crippen LogP contribution in [-0.4, -0.2) is 4.98 Å². The number of hydrogen-bond donors (Lipinski definition) is 0. The molecule has 5 aromatic rings. The third kappa shape index (κ3) is 4.25. The number of aromatic nitrogens is 1. The van der Waals surface area contributed by atoms with E-state index in [1.807, 2.05) is 12.1 Å². The molecule has 172 valence electrons. The summed E-state index contributed by atoms with van der Waals surface area (Å²) in [5.41, 5.74) is 13.0. The summed E-state index contributed by atoms with van der Waals surface area (Å²) in [6.07, 6.45) is 3.95. The highest BCUT2D eigenvalue weighted by atomic mass is 19.1. The van der Waals surface area contributed by atoms with Gasteiger partial charge in [0.2, 0.25) is 0 Å². The molecule has 4 bridgehead atoms. The van der Waals surface area contributed by atoms with Crippen molar-refractivity contribution in [1.29, 1.82) is 0 Å². The van der Waals surface area contributed by atoms with Crippen LogP contribution in [0.5, 0.6) is 0 Å². The molecule has 0 radical (unpaired) electrons. The van der Waals surface area contributed by atoms with E-state index < -0.39 is 0 Å². The van der Waals surface area contributed by atoms with Gasteiger partial charge in [-0.25, -0.2) is 9.37 Å². The molecule has 0 N–H and O–H groups in total. The van der Waals surface area contributed by atoms with Crippen molar-refractivity contribution in [3.8, 4) is 22.4 Å². The molecule has 1 nitrogen and oxygen atoms in total. The molecule has 0 saturated carbocycles. The molecule has 0 saturated heterocycles. The molecule has 0 amide bonds. The van der Waals surface area contributed by atoms with Crippen molar-refractivity contribution in [2.24, 2.45) is 0 Å². The van der Waals surface area contributed by atoms with E-state index in [9.17, 15) is 4.39 Å². The van der Waals surface area contributed by atoms with Crippen LogP contribution in [0, 0.1) is 19.7 Å². The van der Waals surface area contributed by atoms with Crippen molar-refractivity contribution in [3.63, 3.8) is 0 Å². The van der Waals surface area contributed by atoms with E-state index in [4.69, 9.17) is 4.98 Å². The maximum atomic E-state index is 13.8. The highest BCUT2D eigenvalue weighted by molar-refractivity contribution is 5.94. The van der Waals surface area contributed by atoms with E-state index in [2.05, 4.69) is 74.5 Å². The second-order valence-corrected chi connectivity index (χ2v) is 9.85. The highest BCUT2D eigenvalue weighted by Crippen LogP contribution is 2.37. The molecule has 9 rings (SSSR count). The molecule has 35 heavy (non-hydrogen) atoms. The first-order valence-corrected chi connectivity index (χ1v) is 12.4. The fourth-order valence-corrected chi connectivity index (χ4v) is 5.34. The number of benzene rings is 4. The summed E-state index contributed by atoms with van der Waals surface area (Å²) in [6.45, 7) is 4.26. The molecule has 1 aromatic heterocycles. The summed E-state index contributed by atoms with van der Waals surface area (Å²) in [6, 6.07) is 29.4. The Bertz CT molecular complexity index is 1550. The van der Waals surface area contributed by atoms with Gasteiger partial charge in [-0.2, -0.15) is 0 Å². The molecule has 0 unspecified atom stereocenters. The van der Waals surface area contributed by atoms with Gasteiger partial charge in [0.25, 0.3) is 0 Å². The van der Waals surface area contributed by atoms with Crippen LogP contribution < -0.4 is 0 Å². The van der Waals surface area contributed by atoms with Gasteiger partial charge in [0, 0.05) is 16.5 Å². The number of pyridine rings is 1. The van der Waals surface area contributed by atoms with E-state index >= 15 is 0 Å². The van der Waals surface area contributed by atoms with Crippen molar-refractivity contribution in [1.82, 2.24) is 4.98 Å². The Labute approximate surface area is 206 Å². The maximum absolute atomic E-state index is 13.8. The van der Waals surface area contributed by atoms with Crippen molar-refractivity contribution in [2.75, 3.05) is 0 Å². The minimum atomic E-state index is -0.223. The van der Waals surface area contributed by atoms with Crippen molar-refractivity contribution < 1.29 is 4.39 Å². The highest BCUT2D eigenvalue weighted by Gasteiger charge is 2.17.